The molecule has 0 aliphatic heterocycles. The van der Waals surface area contributed by atoms with Gasteiger partial charge in [0.25, 0.3) is 0 Å². The van der Waals surface area contributed by atoms with Crippen LogP contribution < -0.4 is 0 Å². The Labute approximate surface area is 324 Å². The maximum atomic E-state index is 10.3. The average Bonchev–Trinajstić information content (AvgIpc) is 3.26. The maximum Gasteiger partial charge on any atom is 0.115 e. The molecule has 0 fully saturated rings. The van der Waals surface area contributed by atoms with E-state index in [0.29, 0.717) is 0 Å². The first-order chi connectivity index (χ1) is 27.1. The molecule has 0 aliphatic rings. The topological polar surface area (TPSA) is 20.2 Å². The van der Waals surface area contributed by atoms with Crippen molar-refractivity contribution in [2.45, 2.75) is 0 Å². The molecule has 0 aromatic heterocycles. The molecular formula is C54H40O. The molecule has 0 heterocycles. The van der Waals surface area contributed by atoms with Crippen molar-refractivity contribution in [1.29, 1.82) is 0 Å². The smallest absolute Gasteiger partial charge is 0.115 e. The molecular weight excluding hydrogens is 665 g/mol. The summed E-state index contributed by atoms with van der Waals surface area (Å²) in [6, 6.07) is 69.7. The van der Waals surface area contributed by atoms with E-state index in [1.165, 1.54) is 16.7 Å². The minimum atomic E-state index is 0.244. The van der Waals surface area contributed by atoms with Crippen LogP contribution in [-0.4, -0.2) is 5.11 Å². The van der Waals surface area contributed by atoms with Crippen molar-refractivity contribution in [3.05, 3.63) is 234 Å². The van der Waals surface area contributed by atoms with Gasteiger partial charge < -0.3 is 5.11 Å². The molecule has 8 rings (SSSR count). The number of phenolic OH excluding ortho intramolecular Hbond substituents is 1. The molecule has 0 unspecified atom stereocenters. The number of phenols is 1. The number of hydrogen-bond donors (Lipinski definition) is 1. The lowest BCUT2D eigenvalue weighted by Crippen LogP contribution is -1.93. The third kappa shape index (κ3) is 8.71. The average molecular weight is 705 g/mol. The summed E-state index contributed by atoms with van der Waals surface area (Å²) in [7, 11) is 0. The van der Waals surface area contributed by atoms with Gasteiger partial charge in [0.15, 0.2) is 0 Å². The van der Waals surface area contributed by atoms with E-state index in [2.05, 4.69) is 194 Å². The van der Waals surface area contributed by atoms with Crippen molar-refractivity contribution in [1.82, 2.24) is 0 Å². The van der Waals surface area contributed by atoms with Crippen molar-refractivity contribution < 1.29 is 5.11 Å². The molecule has 0 aliphatic carbocycles. The molecule has 8 aromatic rings. The third-order valence-electron chi connectivity index (χ3n) is 9.79. The molecule has 0 saturated carbocycles. The van der Waals surface area contributed by atoms with Crippen molar-refractivity contribution in [3.63, 3.8) is 0 Å². The molecule has 1 heteroatoms. The van der Waals surface area contributed by atoms with Crippen LogP contribution >= 0.6 is 0 Å². The quantitative estimate of drug-likeness (QED) is 0.141. The van der Waals surface area contributed by atoms with Gasteiger partial charge in [0, 0.05) is 0 Å². The summed E-state index contributed by atoms with van der Waals surface area (Å²) < 4.78 is 0. The van der Waals surface area contributed by atoms with E-state index >= 15 is 0 Å². The summed E-state index contributed by atoms with van der Waals surface area (Å²) in [5.41, 5.74) is 15.8. The summed E-state index contributed by atoms with van der Waals surface area (Å²) >= 11 is 0. The minimum absolute atomic E-state index is 0.244. The highest BCUT2D eigenvalue weighted by Crippen LogP contribution is 2.44. The van der Waals surface area contributed by atoms with Gasteiger partial charge >= 0.3 is 0 Å². The van der Waals surface area contributed by atoms with E-state index in [0.717, 1.165) is 61.2 Å². The molecule has 0 saturated heterocycles. The number of benzene rings is 8. The second-order valence-electron chi connectivity index (χ2n) is 13.6. The van der Waals surface area contributed by atoms with Gasteiger partial charge in [-0.15, -0.1) is 0 Å². The molecule has 1 nitrogen and oxygen atoms in total. The van der Waals surface area contributed by atoms with Gasteiger partial charge in [0.1, 0.15) is 5.75 Å². The van der Waals surface area contributed by atoms with E-state index in [4.69, 9.17) is 0 Å². The zero-order chi connectivity index (χ0) is 37.2. The third-order valence-corrected chi connectivity index (χ3v) is 9.79. The largest absolute Gasteiger partial charge is 0.508 e. The van der Waals surface area contributed by atoms with Gasteiger partial charge in [0.2, 0.25) is 0 Å². The van der Waals surface area contributed by atoms with Crippen molar-refractivity contribution in [2.75, 3.05) is 0 Å². The lowest BCUT2D eigenvalue weighted by molar-refractivity contribution is 0.475. The summed E-state index contributed by atoms with van der Waals surface area (Å²) in [6.07, 6.45) is 12.9. The molecule has 0 bridgehead atoms. The van der Waals surface area contributed by atoms with E-state index in [1.807, 2.05) is 30.3 Å². The van der Waals surface area contributed by atoms with Crippen LogP contribution in [0.1, 0.15) is 33.4 Å². The van der Waals surface area contributed by atoms with Crippen LogP contribution in [-0.2, 0) is 0 Å². The summed E-state index contributed by atoms with van der Waals surface area (Å²) in [4.78, 5) is 0. The second-order valence-corrected chi connectivity index (χ2v) is 13.6. The number of hydrogen-bond acceptors (Lipinski definition) is 1. The summed E-state index contributed by atoms with van der Waals surface area (Å²) in [5.74, 6) is 0.244. The molecule has 0 spiro atoms. The first-order valence-electron chi connectivity index (χ1n) is 18.6. The predicted molar refractivity (Wildman–Crippen MR) is 236 cm³/mol. The molecule has 0 atom stereocenters. The van der Waals surface area contributed by atoms with E-state index < -0.39 is 0 Å². The standard InChI is InChI=1S/C54H40O/c55-51-36-34-49(35-37-51)54-52(47-30-24-44(25-31-47)20-17-41-12-6-2-7-13-41)38-50(46-28-22-43(23-29-46)19-16-40-10-4-1-5-11-40)39-53(54)48-32-26-45(27-33-48)21-18-42-14-8-3-9-15-42/h1-39,55H/b19-16+,20-17+,21-18+. The highest BCUT2D eigenvalue weighted by atomic mass is 16.3. The van der Waals surface area contributed by atoms with Crippen molar-refractivity contribution in [3.8, 4) is 50.3 Å². The van der Waals surface area contributed by atoms with Crippen molar-refractivity contribution >= 4 is 36.5 Å². The highest BCUT2D eigenvalue weighted by molar-refractivity contribution is 5.98. The SMILES string of the molecule is Oc1ccc(-c2c(-c3ccc(/C=C/c4ccccc4)cc3)cc(-c3ccc(/C=C/c4ccccc4)cc3)cc2-c2ccc(/C=C/c3ccccc3)cc2)cc1. The van der Waals surface area contributed by atoms with Crippen LogP contribution in [0.3, 0.4) is 0 Å². The monoisotopic (exact) mass is 704 g/mol. The van der Waals surface area contributed by atoms with Crippen LogP contribution in [0.2, 0.25) is 0 Å². The summed E-state index contributed by atoms with van der Waals surface area (Å²) in [5, 5.41) is 10.3. The van der Waals surface area contributed by atoms with Crippen LogP contribution in [0.4, 0.5) is 0 Å². The van der Waals surface area contributed by atoms with Crippen LogP contribution in [0.5, 0.6) is 5.75 Å². The Morgan fingerprint density at radius 2 is 0.545 bits per heavy atom. The Hall–Kier alpha value is -7.22. The molecule has 8 aromatic carbocycles. The van der Waals surface area contributed by atoms with Gasteiger partial charge in [-0.25, -0.2) is 0 Å². The Morgan fingerprint density at radius 3 is 0.891 bits per heavy atom. The lowest BCUT2D eigenvalue weighted by atomic mass is 9.84. The van der Waals surface area contributed by atoms with E-state index in [1.54, 1.807) is 12.1 Å². The van der Waals surface area contributed by atoms with Gasteiger partial charge in [-0.05, 0) is 102 Å². The number of aromatic hydroxyl groups is 1. The normalized spacial score (nSPS) is 11.5. The second kappa shape index (κ2) is 16.6. The van der Waals surface area contributed by atoms with Crippen LogP contribution in [0, 0.1) is 0 Å². The maximum absolute atomic E-state index is 10.3. The first-order valence-corrected chi connectivity index (χ1v) is 18.6. The highest BCUT2D eigenvalue weighted by Gasteiger charge is 2.17. The van der Waals surface area contributed by atoms with Crippen LogP contribution in [0.25, 0.3) is 81.0 Å². The Kier molecular flexibility index (Phi) is 10.5. The molecule has 1 N–H and O–H groups in total. The Morgan fingerprint density at radius 1 is 0.255 bits per heavy atom. The van der Waals surface area contributed by atoms with Gasteiger partial charge in [-0.2, -0.15) is 0 Å². The van der Waals surface area contributed by atoms with E-state index in [-0.39, 0.29) is 5.75 Å². The first kappa shape index (κ1) is 34.8. The summed E-state index contributed by atoms with van der Waals surface area (Å²) in [6.45, 7) is 0. The predicted octanol–water partition coefficient (Wildman–Crippen LogP) is 14.6. The number of rotatable bonds is 10. The van der Waals surface area contributed by atoms with E-state index in [9.17, 15) is 5.11 Å². The molecule has 0 radical (unpaired) electrons. The van der Waals surface area contributed by atoms with Gasteiger partial charge in [0.05, 0.1) is 0 Å². The Balaban J connectivity index is 1.23. The van der Waals surface area contributed by atoms with Gasteiger partial charge in [-0.1, -0.05) is 212 Å². The zero-order valence-corrected chi connectivity index (χ0v) is 30.5. The molecule has 262 valence electrons. The fraction of sp³-hybridized carbons (Fsp3) is 0. The molecule has 0 amide bonds. The lowest BCUT2D eigenvalue weighted by Gasteiger charge is -2.19. The Bertz CT molecular complexity index is 2450. The fourth-order valence-electron chi connectivity index (χ4n) is 6.81. The minimum Gasteiger partial charge on any atom is -0.508 e. The molecule has 55 heavy (non-hydrogen) atoms. The fourth-order valence-corrected chi connectivity index (χ4v) is 6.81. The zero-order valence-electron chi connectivity index (χ0n) is 30.5. The van der Waals surface area contributed by atoms with Crippen LogP contribution in [0.15, 0.2) is 200 Å². The van der Waals surface area contributed by atoms with Gasteiger partial charge in [-0.3, -0.25) is 0 Å². The van der Waals surface area contributed by atoms with Crippen molar-refractivity contribution in [2.24, 2.45) is 0 Å².